The fourth-order valence-corrected chi connectivity index (χ4v) is 1.75. The van der Waals surface area contributed by atoms with Crippen molar-refractivity contribution in [2.24, 2.45) is 5.92 Å². The molecule has 1 unspecified atom stereocenters. The highest BCUT2D eigenvalue weighted by atomic mass is 16.2. The SMILES string of the molecule is CCCCC(C)CN(CCCC)C(C)=O. The summed E-state index contributed by atoms with van der Waals surface area (Å²) in [6, 6.07) is 0. The second kappa shape index (κ2) is 8.75. The first kappa shape index (κ1) is 14.5. The van der Waals surface area contributed by atoms with Crippen molar-refractivity contribution in [1.82, 2.24) is 4.90 Å². The molecule has 0 aromatic carbocycles. The van der Waals surface area contributed by atoms with E-state index in [1.165, 1.54) is 19.3 Å². The summed E-state index contributed by atoms with van der Waals surface area (Å²) in [5.41, 5.74) is 0. The van der Waals surface area contributed by atoms with E-state index in [-0.39, 0.29) is 5.91 Å². The first-order valence-electron chi connectivity index (χ1n) is 6.37. The molecule has 0 radical (unpaired) electrons. The number of unbranched alkanes of at least 4 members (excludes halogenated alkanes) is 2. The third-order valence-corrected chi connectivity index (χ3v) is 2.81. The van der Waals surface area contributed by atoms with E-state index in [1.54, 1.807) is 6.92 Å². The van der Waals surface area contributed by atoms with Gasteiger partial charge in [-0.25, -0.2) is 0 Å². The lowest BCUT2D eigenvalue weighted by Crippen LogP contribution is -2.33. The minimum absolute atomic E-state index is 0.229. The van der Waals surface area contributed by atoms with Gasteiger partial charge in [-0.1, -0.05) is 40.0 Å². The number of hydrogen-bond donors (Lipinski definition) is 0. The molecule has 0 rings (SSSR count). The normalized spacial score (nSPS) is 12.5. The molecule has 0 saturated heterocycles. The Hall–Kier alpha value is -0.530. The Morgan fingerprint density at radius 3 is 2.27 bits per heavy atom. The number of carbonyl (C=O) groups is 1. The van der Waals surface area contributed by atoms with Gasteiger partial charge in [0.15, 0.2) is 0 Å². The molecule has 1 amide bonds. The fraction of sp³-hybridized carbons (Fsp3) is 0.923. The first-order chi connectivity index (χ1) is 7.11. The van der Waals surface area contributed by atoms with Crippen LogP contribution in [0.5, 0.6) is 0 Å². The molecule has 0 heterocycles. The molecule has 0 aromatic rings. The Balaban J connectivity index is 3.87. The Labute approximate surface area is 95.0 Å². The molecule has 2 heteroatoms. The van der Waals surface area contributed by atoms with Gasteiger partial charge in [0.2, 0.25) is 5.91 Å². The van der Waals surface area contributed by atoms with E-state index in [1.807, 2.05) is 4.90 Å². The minimum Gasteiger partial charge on any atom is -0.343 e. The van der Waals surface area contributed by atoms with E-state index in [4.69, 9.17) is 0 Å². The average Bonchev–Trinajstić information content (AvgIpc) is 2.20. The van der Waals surface area contributed by atoms with Crippen molar-refractivity contribution in [3.63, 3.8) is 0 Å². The van der Waals surface area contributed by atoms with Gasteiger partial charge in [0.05, 0.1) is 0 Å². The highest BCUT2D eigenvalue weighted by molar-refractivity contribution is 5.73. The molecular formula is C13H27NO. The predicted octanol–water partition coefficient (Wildman–Crippen LogP) is 3.46. The second-order valence-corrected chi connectivity index (χ2v) is 4.57. The van der Waals surface area contributed by atoms with Crippen molar-refractivity contribution in [1.29, 1.82) is 0 Å². The first-order valence-corrected chi connectivity index (χ1v) is 6.37. The van der Waals surface area contributed by atoms with Crippen LogP contribution in [-0.2, 0) is 4.79 Å². The van der Waals surface area contributed by atoms with Gasteiger partial charge < -0.3 is 4.90 Å². The molecule has 0 bridgehead atoms. The van der Waals surface area contributed by atoms with Crippen molar-refractivity contribution in [2.75, 3.05) is 13.1 Å². The van der Waals surface area contributed by atoms with Crippen LogP contribution < -0.4 is 0 Å². The summed E-state index contributed by atoms with van der Waals surface area (Å²) in [4.78, 5) is 13.4. The van der Waals surface area contributed by atoms with Crippen LogP contribution in [-0.4, -0.2) is 23.9 Å². The van der Waals surface area contributed by atoms with E-state index in [2.05, 4.69) is 20.8 Å². The van der Waals surface area contributed by atoms with Crippen LogP contribution in [0, 0.1) is 5.92 Å². The summed E-state index contributed by atoms with van der Waals surface area (Å²) in [7, 11) is 0. The molecule has 1 atom stereocenters. The lowest BCUT2D eigenvalue weighted by molar-refractivity contribution is -0.129. The smallest absolute Gasteiger partial charge is 0.219 e. The molecule has 15 heavy (non-hydrogen) atoms. The number of carbonyl (C=O) groups excluding carboxylic acids is 1. The summed E-state index contributed by atoms with van der Waals surface area (Å²) in [5.74, 6) is 0.873. The standard InChI is InChI=1S/C13H27NO/c1-5-7-9-12(3)11-14(13(4)15)10-8-6-2/h12H,5-11H2,1-4H3. The van der Waals surface area contributed by atoms with Crippen molar-refractivity contribution < 1.29 is 4.79 Å². The van der Waals surface area contributed by atoms with E-state index in [9.17, 15) is 4.79 Å². The average molecular weight is 213 g/mol. The third-order valence-electron chi connectivity index (χ3n) is 2.81. The van der Waals surface area contributed by atoms with Crippen molar-refractivity contribution in [2.45, 2.75) is 59.8 Å². The highest BCUT2D eigenvalue weighted by Crippen LogP contribution is 2.10. The quantitative estimate of drug-likeness (QED) is 0.604. The molecule has 0 fully saturated rings. The fourth-order valence-electron chi connectivity index (χ4n) is 1.75. The van der Waals surface area contributed by atoms with Crippen LogP contribution >= 0.6 is 0 Å². The van der Waals surface area contributed by atoms with Crippen molar-refractivity contribution >= 4 is 5.91 Å². The number of rotatable bonds is 8. The van der Waals surface area contributed by atoms with Crippen LogP contribution in [0.1, 0.15) is 59.8 Å². The Morgan fingerprint density at radius 2 is 1.80 bits per heavy atom. The van der Waals surface area contributed by atoms with E-state index in [0.29, 0.717) is 5.92 Å². The second-order valence-electron chi connectivity index (χ2n) is 4.57. The summed E-state index contributed by atoms with van der Waals surface area (Å²) < 4.78 is 0. The van der Waals surface area contributed by atoms with Crippen molar-refractivity contribution in [3.05, 3.63) is 0 Å². The molecule has 2 nitrogen and oxygen atoms in total. The summed E-state index contributed by atoms with van der Waals surface area (Å²) >= 11 is 0. The van der Waals surface area contributed by atoms with E-state index < -0.39 is 0 Å². The highest BCUT2D eigenvalue weighted by Gasteiger charge is 2.11. The lowest BCUT2D eigenvalue weighted by atomic mass is 10.0. The molecule has 90 valence electrons. The Bertz CT molecular complexity index is 168. The van der Waals surface area contributed by atoms with E-state index in [0.717, 1.165) is 25.9 Å². The van der Waals surface area contributed by atoms with Gasteiger partial charge >= 0.3 is 0 Å². The van der Waals surface area contributed by atoms with Gasteiger partial charge in [0.1, 0.15) is 0 Å². The summed E-state index contributed by atoms with van der Waals surface area (Å²) in [6.07, 6.45) is 6.06. The van der Waals surface area contributed by atoms with Crippen molar-refractivity contribution in [3.8, 4) is 0 Å². The minimum atomic E-state index is 0.229. The molecule has 0 N–H and O–H groups in total. The van der Waals surface area contributed by atoms with Gasteiger partial charge in [0.25, 0.3) is 0 Å². The van der Waals surface area contributed by atoms with Gasteiger partial charge in [0, 0.05) is 20.0 Å². The zero-order chi connectivity index (χ0) is 11.7. The van der Waals surface area contributed by atoms with Crippen LogP contribution in [0.25, 0.3) is 0 Å². The number of nitrogens with zero attached hydrogens (tertiary/aromatic N) is 1. The van der Waals surface area contributed by atoms with Gasteiger partial charge in [-0.3, -0.25) is 4.79 Å². The van der Waals surface area contributed by atoms with Gasteiger partial charge in [-0.2, -0.15) is 0 Å². The topological polar surface area (TPSA) is 20.3 Å². The third kappa shape index (κ3) is 7.40. The van der Waals surface area contributed by atoms with Gasteiger partial charge in [-0.15, -0.1) is 0 Å². The lowest BCUT2D eigenvalue weighted by Gasteiger charge is -2.24. The monoisotopic (exact) mass is 213 g/mol. The Morgan fingerprint density at radius 1 is 1.20 bits per heavy atom. The zero-order valence-electron chi connectivity index (χ0n) is 10.9. The summed E-state index contributed by atoms with van der Waals surface area (Å²) in [6.45, 7) is 10.2. The predicted molar refractivity (Wildman–Crippen MR) is 65.9 cm³/mol. The van der Waals surface area contributed by atoms with Crippen LogP contribution in [0.3, 0.4) is 0 Å². The molecule has 0 aromatic heterocycles. The largest absolute Gasteiger partial charge is 0.343 e. The van der Waals surface area contributed by atoms with Crippen LogP contribution in [0.15, 0.2) is 0 Å². The molecule has 0 aliphatic carbocycles. The Kier molecular flexibility index (Phi) is 8.44. The van der Waals surface area contributed by atoms with Gasteiger partial charge in [-0.05, 0) is 18.8 Å². The molecule has 0 saturated carbocycles. The van der Waals surface area contributed by atoms with Crippen LogP contribution in [0.4, 0.5) is 0 Å². The number of hydrogen-bond acceptors (Lipinski definition) is 1. The van der Waals surface area contributed by atoms with E-state index >= 15 is 0 Å². The number of amides is 1. The molecular weight excluding hydrogens is 186 g/mol. The molecule has 0 spiro atoms. The maximum absolute atomic E-state index is 11.4. The van der Waals surface area contributed by atoms with Crippen LogP contribution in [0.2, 0.25) is 0 Å². The maximum atomic E-state index is 11.4. The zero-order valence-corrected chi connectivity index (χ0v) is 10.9. The maximum Gasteiger partial charge on any atom is 0.219 e. The summed E-state index contributed by atoms with van der Waals surface area (Å²) in [5, 5.41) is 0. The molecule has 0 aliphatic heterocycles. The molecule has 0 aliphatic rings.